The smallest absolute Gasteiger partial charge is 0.228 e. The number of halogens is 1. The van der Waals surface area contributed by atoms with Crippen LogP contribution in [0.25, 0.3) is 22.5 Å². The average Bonchev–Trinajstić information content (AvgIpc) is 3.23. The monoisotopic (exact) mass is 486 g/mol. The van der Waals surface area contributed by atoms with Crippen molar-refractivity contribution in [2.75, 3.05) is 38.5 Å². The Morgan fingerprint density at radius 2 is 1.97 bits per heavy atom. The van der Waals surface area contributed by atoms with Gasteiger partial charge in [0, 0.05) is 56.4 Å². The summed E-state index contributed by atoms with van der Waals surface area (Å²) in [5, 5.41) is 3.30. The first-order valence-electron chi connectivity index (χ1n) is 11.0. The number of carbonyl (C=O) groups excluding carboxylic acids is 1. The Morgan fingerprint density at radius 3 is 2.65 bits per heavy atom. The molecule has 1 atom stereocenters. The third kappa shape index (κ3) is 5.40. The molecule has 34 heavy (non-hydrogen) atoms. The first-order valence-corrected chi connectivity index (χ1v) is 12.6. The first kappa shape index (κ1) is 24.2. The standard InChI is InChI=1S/C24H27FN4O4S/c1-32-14-11-29-22(21(28-24(29)34(2)31)16-3-5-19(25)6-4-16)18-7-10-26-20(15-18)27-23(30)17-8-12-33-13-9-17/h3-7,10,15,17H,8-9,11-14H2,1-2H3,(H,26,27,30). The van der Waals surface area contributed by atoms with Gasteiger partial charge in [-0.1, -0.05) is 0 Å². The van der Waals surface area contributed by atoms with Gasteiger partial charge < -0.3 is 19.4 Å². The number of benzene rings is 1. The van der Waals surface area contributed by atoms with Crippen LogP contribution >= 0.6 is 0 Å². The fourth-order valence-corrected chi connectivity index (χ4v) is 4.69. The summed E-state index contributed by atoms with van der Waals surface area (Å²) < 4.78 is 38.6. The lowest BCUT2D eigenvalue weighted by atomic mass is 9.99. The molecular weight excluding hydrogens is 459 g/mol. The summed E-state index contributed by atoms with van der Waals surface area (Å²) in [4.78, 5) is 21.7. The summed E-state index contributed by atoms with van der Waals surface area (Å²) in [5.74, 6) is -0.145. The van der Waals surface area contributed by atoms with Crippen LogP contribution in [0.3, 0.4) is 0 Å². The number of amides is 1. The maximum Gasteiger partial charge on any atom is 0.228 e. The minimum atomic E-state index is -1.38. The Balaban J connectivity index is 1.77. The number of hydrogen-bond donors (Lipinski definition) is 1. The Hall–Kier alpha value is -2.95. The second-order valence-corrected chi connectivity index (χ2v) is 9.28. The molecule has 0 aliphatic carbocycles. The van der Waals surface area contributed by atoms with Crippen LogP contribution in [0.1, 0.15) is 12.8 Å². The van der Waals surface area contributed by atoms with Gasteiger partial charge in [-0.05, 0) is 49.2 Å². The van der Waals surface area contributed by atoms with Crippen LogP contribution in [0.5, 0.6) is 0 Å². The summed E-state index contributed by atoms with van der Waals surface area (Å²) in [5.41, 5.74) is 2.67. The van der Waals surface area contributed by atoms with Gasteiger partial charge in [0.25, 0.3) is 0 Å². The van der Waals surface area contributed by atoms with Crippen molar-refractivity contribution in [3.05, 3.63) is 48.4 Å². The number of aromatic nitrogens is 3. The molecule has 0 saturated carbocycles. The minimum absolute atomic E-state index is 0.0880. The molecule has 0 radical (unpaired) electrons. The van der Waals surface area contributed by atoms with E-state index in [9.17, 15) is 13.4 Å². The van der Waals surface area contributed by atoms with E-state index in [0.29, 0.717) is 67.1 Å². The third-order valence-corrected chi connectivity index (χ3v) is 6.53. The number of nitrogens with one attached hydrogen (secondary N) is 1. The number of carbonyl (C=O) groups is 1. The fraction of sp³-hybridized carbons (Fsp3) is 0.375. The van der Waals surface area contributed by atoms with E-state index >= 15 is 0 Å². The lowest BCUT2D eigenvalue weighted by Crippen LogP contribution is -2.28. The van der Waals surface area contributed by atoms with Crippen LogP contribution in [-0.4, -0.2) is 57.8 Å². The molecule has 0 bridgehead atoms. The molecule has 1 amide bonds. The normalized spacial score (nSPS) is 15.3. The van der Waals surface area contributed by atoms with Crippen LogP contribution in [0.4, 0.5) is 10.2 Å². The van der Waals surface area contributed by atoms with Crippen LogP contribution < -0.4 is 5.32 Å². The van der Waals surface area contributed by atoms with E-state index in [4.69, 9.17) is 9.47 Å². The van der Waals surface area contributed by atoms with Crippen LogP contribution in [0.2, 0.25) is 0 Å². The number of methoxy groups -OCH3 is 1. The molecule has 1 unspecified atom stereocenters. The van der Waals surface area contributed by atoms with Crippen molar-refractivity contribution in [3.8, 4) is 22.5 Å². The van der Waals surface area contributed by atoms with Gasteiger partial charge in [-0.15, -0.1) is 0 Å². The molecule has 8 nitrogen and oxygen atoms in total. The van der Waals surface area contributed by atoms with Gasteiger partial charge in [-0.25, -0.2) is 14.4 Å². The van der Waals surface area contributed by atoms with E-state index in [-0.39, 0.29) is 17.6 Å². The van der Waals surface area contributed by atoms with Crippen LogP contribution in [0, 0.1) is 11.7 Å². The van der Waals surface area contributed by atoms with Gasteiger partial charge in [0.15, 0.2) is 5.16 Å². The van der Waals surface area contributed by atoms with Crippen molar-refractivity contribution in [2.24, 2.45) is 5.92 Å². The maximum absolute atomic E-state index is 13.6. The third-order valence-electron chi connectivity index (χ3n) is 5.70. The number of nitrogens with zero attached hydrogens (tertiary/aromatic N) is 3. The molecule has 1 aromatic carbocycles. The van der Waals surface area contributed by atoms with Gasteiger partial charge in [0.2, 0.25) is 5.91 Å². The van der Waals surface area contributed by atoms with Crippen molar-refractivity contribution in [2.45, 2.75) is 24.5 Å². The molecule has 2 aromatic heterocycles. The van der Waals surface area contributed by atoms with Gasteiger partial charge in [-0.2, -0.15) is 0 Å². The molecule has 1 fully saturated rings. The highest BCUT2D eigenvalue weighted by atomic mass is 32.2. The molecule has 1 aliphatic heterocycles. The summed E-state index contributed by atoms with van der Waals surface area (Å²) in [6, 6.07) is 9.58. The Bertz CT molecular complexity index is 1180. The fourth-order valence-electron chi connectivity index (χ4n) is 3.98. The topological polar surface area (TPSA) is 95.3 Å². The van der Waals surface area contributed by atoms with Gasteiger partial charge in [-0.3, -0.25) is 9.00 Å². The summed E-state index contributed by atoms with van der Waals surface area (Å²) in [6.07, 6.45) is 4.53. The molecule has 3 heterocycles. The van der Waals surface area contributed by atoms with Crippen LogP contribution in [0.15, 0.2) is 47.8 Å². The van der Waals surface area contributed by atoms with E-state index in [1.165, 1.54) is 12.1 Å². The van der Waals surface area contributed by atoms with Gasteiger partial charge >= 0.3 is 0 Å². The lowest BCUT2D eigenvalue weighted by Gasteiger charge is -2.21. The van der Waals surface area contributed by atoms with Crippen molar-refractivity contribution in [3.63, 3.8) is 0 Å². The highest BCUT2D eigenvalue weighted by molar-refractivity contribution is 7.84. The number of rotatable bonds is 8. The first-order chi connectivity index (χ1) is 16.5. The Morgan fingerprint density at radius 1 is 1.24 bits per heavy atom. The van der Waals surface area contributed by atoms with Crippen molar-refractivity contribution in [1.82, 2.24) is 14.5 Å². The van der Waals surface area contributed by atoms with Crippen molar-refractivity contribution >= 4 is 22.5 Å². The zero-order chi connectivity index (χ0) is 24.1. The van der Waals surface area contributed by atoms with E-state index in [2.05, 4.69) is 15.3 Å². The molecule has 1 saturated heterocycles. The molecule has 10 heteroatoms. The number of ether oxygens (including phenoxy) is 2. The zero-order valence-corrected chi connectivity index (χ0v) is 19.9. The van der Waals surface area contributed by atoms with Crippen molar-refractivity contribution < 1.29 is 22.9 Å². The summed E-state index contributed by atoms with van der Waals surface area (Å²) in [7, 11) is 0.215. The highest BCUT2D eigenvalue weighted by Gasteiger charge is 2.24. The largest absolute Gasteiger partial charge is 0.383 e. The molecular formula is C24H27FN4O4S. The number of hydrogen-bond acceptors (Lipinski definition) is 6. The second-order valence-electron chi connectivity index (χ2n) is 8.00. The average molecular weight is 487 g/mol. The molecule has 4 rings (SSSR count). The van der Waals surface area contributed by atoms with Crippen molar-refractivity contribution in [1.29, 1.82) is 0 Å². The highest BCUT2D eigenvalue weighted by Crippen LogP contribution is 2.35. The molecule has 1 aliphatic rings. The second kappa shape index (κ2) is 11.0. The predicted molar refractivity (Wildman–Crippen MR) is 127 cm³/mol. The molecule has 0 spiro atoms. The predicted octanol–water partition coefficient (Wildman–Crippen LogP) is 3.50. The number of pyridine rings is 1. The molecule has 180 valence electrons. The van der Waals surface area contributed by atoms with E-state index in [0.717, 1.165) is 5.56 Å². The Kier molecular flexibility index (Phi) is 7.81. The summed E-state index contributed by atoms with van der Waals surface area (Å²) >= 11 is 0. The van der Waals surface area contributed by atoms with E-state index in [1.807, 2.05) is 4.57 Å². The van der Waals surface area contributed by atoms with Gasteiger partial charge in [0.1, 0.15) is 11.6 Å². The summed E-state index contributed by atoms with van der Waals surface area (Å²) in [6.45, 7) is 1.94. The van der Waals surface area contributed by atoms with Crippen LogP contribution in [-0.2, 0) is 31.6 Å². The molecule has 3 aromatic rings. The van der Waals surface area contributed by atoms with E-state index in [1.54, 1.807) is 43.8 Å². The van der Waals surface area contributed by atoms with Gasteiger partial charge in [0.05, 0.1) is 28.8 Å². The quantitative estimate of drug-likeness (QED) is 0.524. The lowest BCUT2D eigenvalue weighted by molar-refractivity contribution is -0.122. The minimum Gasteiger partial charge on any atom is -0.383 e. The molecule has 1 N–H and O–H groups in total. The number of imidazole rings is 1. The van der Waals surface area contributed by atoms with E-state index < -0.39 is 10.8 Å². The Labute approximate surface area is 200 Å². The maximum atomic E-state index is 13.6. The zero-order valence-electron chi connectivity index (χ0n) is 19.1. The number of anilines is 1. The SMILES string of the molecule is COCCn1c(S(C)=O)nc(-c2ccc(F)cc2)c1-c1ccnc(NC(=O)C2CCOCC2)c1.